The van der Waals surface area contributed by atoms with E-state index in [9.17, 15) is 0 Å². The monoisotopic (exact) mass is 173 g/mol. The predicted molar refractivity (Wildman–Crippen MR) is 58.0 cm³/mol. The van der Waals surface area contributed by atoms with Gasteiger partial charge >= 0.3 is 0 Å². The number of benzene rings is 1. The van der Waals surface area contributed by atoms with Gasteiger partial charge in [0.15, 0.2) is 0 Å². The number of rotatable bonds is 0. The van der Waals surface area contributed by atoms with Crippen LogP contribution in [0.2, 0.25) is 0 Å². The van der Waals surface area contributed by atoms with Gasteiger partial charge in [0.1, 0.15) is 0 Å². The molecule has 1 aliphatic rings. The number of anilines is 1. The molecule has 13 heavy (non-hydrogen) atoms. The average molecular weight is 173 g/mol. The molecule has 1 aromatic carbocycles. The van der Waals surface area contributed by atoms with E-state index in [-0.39, 0.29) is 0 Å². The number of para-hydroxylation sites is 1. The minimum Gasteiger partial charge on any atom is -0.374 e. The lowest BCUT2D eigenvalue weighted by Crippen LogP contribution is -2.17. The van der Waals surface area contributed by atoms with Gasteiger partial charge < -0.3 is 4.90 Å². The van der Waals surface area contributed by atoms with Crippen molar-refractivity contribution < 1.29 is 0 Å². The highest BCUT2D eigenvalue weighted by molar-refractivity contribution is 5.76. The Morgan fingerprint density at radius 1 is 1.31 bits per heavy atom. The van der Waals surface area contributed by atoms with Crippen LogP contribution in [0.1, 0.15) is 18.4 Å². The number of allylic oxidation sites excluding steroid dienone is 1. The molecule has 0 aromatic heterocycles. The van der Waals surface area contributed by atoms with Crippen LogP contribution in [-0.4, -0.2) is 13.6 Å². The molecule has 1 heteroatoms. The van der Waals surface area contributed by atoms with E-state index in [1.807, 2.05) is 0 Å². The van der Waals surface area contributed by atoms with Crippen LogP contribution < -0.4 is 4.90 Å². The summed E-state index contributed by atoms with van der Waals surface area (Å²) in [4.78, 5) is 2.31. The molecule has 1 aromatic rings. The van der Waals surface area contributed by atoms with Crippen molar-refractivity contribution in [1.82, 2.24) is 0 Å². The fourth-order valence-electron chi connectivity index (χ4n) is 1.89. The van der Waals surface area contributed by atoms with Crippen molar-refractivity contribution in [2.45, 2.75) is 12.8 Å². The van der Waals surface area contributed by atoms with Gasteiger partial charge in [-0.05, 0) is 24.5 Å². The second-order valence-electron chi connectivity index (χ2n) is 3.65. The standard InChI is InChI=1S/C12H15N/c1-10-6-5-9-13(2)12-8-4-3-7-11(10)12/h3-4,7-8H,1,5-6,9H2,2H3. The van der Waals surface area contributed by atoms with Gasteiger partial charge in [0.2, 0.25) is 0 Å². The van der Waals surface area contributed by atoms with Gasteiger partial charge in [-0.25, -0.2) is 0 Å². The zero-order valence-electron chi connectivity index (χ0n) is 8.09. The van der Waals surface area contributed by atoms with Crippen molar-refractivity contribution in [2.75, 3.05) is 18.5 Å². The Hall–Kier alpha value is -1.24. The summed E-state index contributed by atoms with van der Waals surface area (Å²) in [6.45, 7) is 5.26. The zero-order valence-corrected chi connectivity index (χ0v) is 8.09. The van der Waals surface area contributed by atoms with Gasteiger partial charge in [0.25, 0.3) is 0 Å². The molecule has 0 atom stereocenters. The quantitative estimate of drug-likeness (QED) is 0.583. The Balaban J connectivity index is 2.51. The molecule has 0 fully saturated rings. The number of hydrogen-bond donors (Lipinski definition) is 0. The topological polar surface area (TPSA) is 3.24 Å². The molecular formula is C12H15N. The van der Waals surface area contributed by atoms with Crippen LogP contribution in [0, 0.1) is 0 Å². The molecule has 0 bridgehead atoms. The molecule has 0 aliphatic carbocycles. The molecule has 68 valence electrons. The van der Waals surface area contributed by atoms with Gasteiger partial charge in [-0.3, -0.25) is 0 Å². The summed E-state index contributed by atoms with van der Waals surface area (Å²) in [5.41, 5.74) is 3.92. The van der Waals surface area contributed by atoms with E-state index in [4.69, 9.17) is 0 Å². The van der Waals surface area contributed by atoms with Crippen LogP contribution in [0.15, 0.2) is 30.8 Å². The smallest absolute Gasteiger partial charge is 0.0439 e. The van der Waals surface area contributed by atoms with Crippen molar-refractivity contribution >= 4 is 11.3 Å². The first kappa shape index (κ1) is 8.36. The van der Waals surface area contributed by atoms with Crippen molar-refractivity contribution in [3.05, 3.63) is 36.4 Å². The van der Waals surface area contributed by atoms with Crippen molar-refractivity contribution in [3.8, 4) is 0 Å². The number of hydrogen-bond acceptors (Lipinski definition) is 1. The Bertz CT molecular complexity index is 328. The maximum atomic E-state index is 4.12. The summed E-state index contributed by atoms with van der Waals surface area (Å²) in [7, 11) is 2.15. The van der Waals surface area contributed by atoms with Crippen molar-refractivity contribution in [1.29, 1.82) is 0 Å². The second kappa shape index (κ2) is 3.25. The average Bonchev–Trinajstić information content (AvgIpc) is 2.29. The summed E-state index contributed by atoms with van der Waals surface area (Å²) in [5, 5.41) is 0. The van der Waals surface area contributed by atoms with Crippen LogP contribution in [0.3, 0.4) is 0 Å². The maximum absolute atomic E-state index is 4.12. The van der Waals surface area contributed by atoms with Gasteiger partial charge in [0.05, 0.1) is 0 Å². The molecular weight excluding hydrogens is 158 g/mol. The Morgan fingerprint density at radius 3 is 2.92 bits per heavy atom. The first-order valence-electron chi connectivity index (χ1n) is 4.77. The Kier molecular flexibility index (Phi) is 2.09. The van der Waals surface area contributed by atoms with Gasteiger partial charge in [-0.15, -0.1) is 0 Å². The largest absolute Gasteiger partial charge is 0.374 e. The molecule has 0 radical (unpaired) electrons. The summed E-state index contributed by atoms with van der Waals surface area (Å²) >= 11 is 0. The Morgan fingerprint density at radius 2 is 2.08 bits per heavy atom. The molecule has 0 unspecified atom stereocenters. The van der Waals surface area contributed by atoms with Crippen molar-refractivity contribution in [2.24, 2.45) is 0 Å². The van der Waals surface area contributed by atoms with Gasteiger partial charge in [0, 0.05) is 24.8 Å². The molecule has 0 saturated carbocycles. The first-order chi connectivity index (χ1) is 6.29. The highest BCUT2D eigenvalue weighted by Crippen LogP contribution is 2.31. The second-order valence-corrected chi connectivity index (χ2v) is 3.65. The number of nitrogens with zero attached hydrogens (tertiary/aromatic N) is 1. The lowest BCUT2D eigenvalue weighted by atomic mass is 10.0. The number of fused-ring (bicyclic) bond motifs is 1. The van der Waals surface area contributed by atoms with Crippen molar-refractivity contribution in [3.63, 3.8) is 0 Å². The predicted octanol–water partition coefficient (Wildman–Crippen LogP) is 2.93. The van der Waals surface area contributed by atoms with E-state index < -0.39 is 0 Å². The summed E-state index contributed by atoms with van der Waals surface area (Å²) < 4.78 is 0. The van der Waals surface area contributed by atoms with Crippen LogP contribution in [0.4, 0.5) is 5.69 Å². The van der Waals surface area contributed by atoms with E-state index in [2.05, 4.69) is 42.8 Å². The molecule has 1 aliphatic heterocycles. The van der Waals surface area contributed by atoms with Crippen LogP contribution in [-0.2, 0) is 0 Å². The fraction of sp³-hybridized carbons (Fsp3) is 0.333. The van der Waals surface area contributed by atoms with Gasteiger partial charge in [-0.2, -0.15) is 0 Å². The lowest BCUT2D eigenvalue weighted by Gasteiger charge is -2.18. The third-order valence-electron chi connectivity index (χ3n) is 2.67. The third kappa shape index (κ3) is 1.46. The summed E-state index contributed by atoms with van der Waals surface area (Å²) in [6, 6.07) is 8.52. The molecule has 1 heterocycles. The summed E-state index contributed by atoms with van der Waals surface area (Å²) in [5.74, 6) is 0. The van der Waals surface area contributed by atoms with E-state index in [1.54, 1.807) is 0 Å². The SMILES string of the molecule is C=C1CCCN(C)c2ccccc21. The lowest BCUT2D eigenvalue weighted by molar-refractivity contribution is 0.825. The fourth-order valence-corrected chi connectivity index (χ4v) is 1.89. The molecule has 1 nitrogen and oxygen atoms in total. The molecule has 0 saturated heterocycles. The van der Waals surface area contributed by atoms with E-state index in [0.717, 1.165) is 13.0 Å². The normalized spacial score (nSPS) is 16.7. The van der Waals surface area contributed by atoms with Crippen LogP contribution in [0.5, 0.6) is 0 Å². The van der Waals surface area contributed by atoms with Gasteiger partial charge in [-0.1, -0.05) is 24.8 Å². The van der Waals surface area contributed by atoms with E-state index in [0.29, 0.717) is 0 Å². The maximum Gasteiger partial charge on any atom is 0.0439 e. The van der Waals surface area contributed by atoms with E-state index >= 15 is 0 Å². The summed E-state index contributed by atoms with van der Waals surface area (Å²) in [6.07, 6.45) is 2.34. The highest BCUT2D eigenvalue weighted by Gasteiger charge is 2.12. The first-order valence-corrected chi connectivity index (χ1v) is 4.77. The molecule has 2 rings (SSSR count). The molecule has 0 amide bonds. The minimum absolute atomic E-state index is 1.13. The van der Waals surface area contributed by atoms with Crippen LogP contribution >= 0.6 is 0 Å². The van der Waals surface area contributed by atoms with E-state index in [1.165, 1.54) is 23.2 Å². The highest BCUT2D eigenvalue weighted by atomic mass is 15.1. The third-order valence-corrected chi connectivity index (χ3v) is 2.67. The zero-order chi connectivity index (χ0) is 9.26. The molecule has 0 N–H and O–H groups in total. The molecule has 0 spiro atoms. The van der Waals surface area contributed by atoms with Crippen LogP contribution in [0.25, 0.3) is 5.57 Å². The Labute approximate surface area is 79.7 Å². The minimum atomic E-state index is 1.13.